The van der Waals surface area contributed by atoms with Gasteiger partial charge < -0.3 is 19.6 Å². The van der Waals surface area contributed by atoms with Crippen LogP contribution in [0.3, 0.4) is 0 Å². The van der Waals surface area contributed by atoms with Gasteiger partial charge in [-0.2, -0.15) is 0 Å². The van der Waals surface area contributed by atoms with Gasteiger partial charge in [0.15, 0.2) is 0 Å². The lowest BCUT2D eigenvalue weighted by Crippen LogP contribution is -2.06. The van der Waals surface area contributed by atoms with Crippen molar-refractivity contribution in [3.8, 4) is 11.5 Å². The molecule has 0 aliphatic carbocycles. The van der Waals surface area contributed by atoms with E-state index in [2.05, 4.69) is 11.9 Å². The van der Waals surface area contributed by atoms with Gasteiger partial charge in [0.05, 0.1) is 18.2 Å². The quantitative estimate of drug-likeness (QED) is 0.716. The van der Waals surface area contributed by atoms with Crippen LogP contribution in [0.2, 0.25) is 0 Å². The van der Waals surface area contributed by atoms with Crippen LogP contribution >= 0.6 is 0 Å². The molecule has 0 radical (unpaired) electrons. The molecule has 0 aliphatic rings. The average molecular weight is 305 g/mol. The Morgan fingerprint density at radius 1 is 1.27 bits per heavy atom. The molecule has 0 spiro atoms. The predicted molar refractivity (Wildman–Crippen MR) is 86.0 cm³/mol. The van der Waals surface area contributed by atoms with Gasteiger partial charge in [-0.05, 0) is 26.3 Å². The maximum absolute atomic E-state index is 11.1. The molecule has 0 amide bonds. The Balaban J connectivity index is 2.31. The molecule has 0 atom stereocenters. The Kier molecular flexibility index (Phi) is 5.31. The monoisotopic (exact) mass is 305 g/mol. The summed E-state index contributed by atoms with van der Waals surface area (Å²) in [6.07, 6.45) is 3.27. The van der Waals surface area contributed by atoms with E-state index in [-0.39, 0.29) is 11.8 Å². The highest BCUT2D eigenvalue weighted by molar-refractivity contribution is 5.96. The van der Waals surface area contributed by atoms with Crippen LogP contribution in [0.1, 0.15) is 50.5 Å². The minimum atomic E-state index is -0.989. The Hall–Kier alpha value is -2.17. The van der Waals surface area contributed by atoms with Crippen LogP contribution in [-0.2, 0) is 0 Å². The van der Waals surface area contributed by atoms with E-state index in [1.54, 1.807) is 6.07 Å². The van der Waals surface area contributed by atoms with Crippen molar-refractivity contribution in [1.29, 1.82) is 0 Å². The Labute approximate surface area is 130 Å². The summed E-state index contributed by atoms with van der Waals surface area (Å²) in [7, 11) is 0. The molecule has 1 aromatic carbocycles. The third kappa shape index (κ3) is 3.93. The molecular weight excluding hydrogens is 282 g/mol. The molecule has 2 N–H and O–H groups in total. The van der Waals surface area contributed by atoms with Crippen molar-refractivity contribution >= 4 is 16.9 Å². The molecule has 0 aliphatic heterocycles. The van der Waals surface area contributed by atoms with Crippen LogP contribution in [0.25, 0.3) is 10.9 Å². The number of ether oxygens (including phenoxy) is 2. The number of unbranched alkanes of at least 4 members (excludes halogenated alkanes) is 2. The van der Waals surface area contributed by atoms with Gasteiger partial charge in [0.2, 0.25) is 0 Å². The summed E-state index contributed by atoms with van der Waals surface area (Å²) in [5.74, 6) is 0.344. The summed E-state index contributed by atoms with van der Waals surface area (Å²) in [6.45, 7) is 6.66. The number of fused-ring (bicyclic) bond motifs is 1. The Morgan fingerprint density at radius 2 is 2.05 bits per heavy atom. The largest absolute Gasteiger partial charge is 0.493 e. The minimum Gasteiger partial charge on any atom is -0.493 e. The van der Waals surface area contributed by atoms with Crippen LogP contribution in [0.15, 0.2) is 18.2 Å². The number of hydrogen-bond acceptors (Lipinski definition) is 3. The SMILES string of the molecule is CCCCCOc1cc(OC(C)C)c2cc(C(=O)O)[nH]c2c1. The van der Waals surface area contributed by atoms with Crippen molar-refractivity contribution in [2.75, 3.05) is 6.61 Å². The molecule has 5 nitrogen and oxygen atoms in total. The predicted octanol–water partition coefficient (Wildman–Crippen LogP) is 4.22. The molecule has 0 saturated carbocycles. The zero-order chi connectivity index (χ0) is 16.1. The number of rotatable bonds is 8. The maximum atomic E-state index is 11.1. The third-order valence-corrected chi connectivity index (χ3v) is 3.28. The number of aromatic nitrogens is 1. The van der Waals surface area contributed by atoms with E-state index < -0.39 is 5.97 Å². The van der Waals surface area contributed by atoms with Crippen LogP contribution < -0.4 is 9.47 Å². The minimum absolute atomic E-state index is 0.00159. The number of carboxylic acid groups (broad SMARTS) is 1. The maximum Gasteiger partial charge on any atom is 0.352 e. The zero-order valence-electron chi connectivity index (χ0n) is 13.3. The molecule has 120 valence electrons. The zero-order valence-corrected chi connectivity index (χ0v) is 13.3. The van der Waals surface area contributed by atoms with Crippen LogP contribution in [0.4, 0.5) is 0 Å². The first-order valence-corrected chi connectivity index (χ1v) is 7.70. The molecule has 2 rings (SSSR count). The number of carboxylic acids is 1. The second-order valence-corrected chi connectivity index (χ2v) is 5.59. The number of aromatic carboxylic acids is 1. The molecule has 22 heavy (non-hydrogen) atoms. The second kappa shape index (κ2) is 7.20. The van der Waals surface area contributed by atoms with Crippen LogP contribution in [0.5, 0.6) is 11.5 Å². The van der Waals surface area contributed by atoms with Gasteiger partial charge in [0, 0.05) is 17.5 Å². The van der Waals surface area contributed by atoms with E-state index in [1.165, 1.54) is 0 Å². The van der Waals surface area contributed by atoms with Crippen molar-refractivity contribution in [2.24, 2.45) is 0 Å². The molecule has 0 saturated heterocycles. The van der Waals surface area contributed by atoms with Gasteiger partial charge in [0.1, 0.15) is 17.2 Å². The highest BCUT2D eigenvalue weighted by atomic mass is 16.5. The third-order valence-electron chi connectivity index (χ3n) is 3.28. The highest BCUT2D eigenvalue weighted by Gasteiger charge is 2.14. The number of benzene rings is 1. The average Bonchev–Trinajstić information content (AvgIpc) is 2.87. The summed E-state index contributed by atoms with van der Waals surface area (Å²) < 4.78 is 11.6. The summed E-state index contributed by atoms with van der Waals surface area (Å²) in [4.78, 5) is 14.0. The number of carbonyl (C=O) groups is 1. The van der Waals surface area contributed by atoms with Gasteiger partial charge in [-0.1, -0.05) is 19.8 Å². The van der Waals surface area contributed by atoms with Crippen LogP contribution in [-0.4, -0.2) is 28.8 Å². The molecule has 2 aromatic rings. The van der Waals surface area contributed by atoms with Crippen molar-refractivity contribution < 1.29 is 19.4 Å². The number of nitrogens with one attached hydrogen (secondary N) is 1. The molecule has 1 heterocycles. The summed E-state index contributed by atoms with van der Waals surface area (Å²) >= 11 is 0. The van der Waals surface area contributed by atoms with Gasteiger partial charge in [-0.15, -0.1) is 0 Å². The van der Waals surface area contributed by atoms with E-state index in [1.807, 2.05) is 26.0 Å². The first-order valence-electron chi connectivity index (χ1n) is 7.70. The van der Waals surface area contributed by atoms with Gasteiger partial charge in [-0.3, -0.25) is 0 Å². The van der Waals surface area contributed by atoms with E-state index in [4.69, 9.17) is 14.6 Å². The summed E-state index contributed by atoms with van der Waals surface area (Å²) in [6, 6.07) is 5.24. The van der Waals surface area contributed by atoms with Gasteiger partial charge in [-0.25, -0.2) is 4.79 Å². The van der Waals surface area contributed by atoms with Gasteiger partial charge >= 0.3 is 5.97 Å². The number of H-pyrrole nitrogens is 1. The fourth-order valence-corrected chi connectivity index (χ4v) is 2.27. The molecule has 5 heteroatoms. The van der Waals surface area contributed by atoms with E-state index >= 15 is 0 Å². The topological polar surface area (TPSA) is 71.6 Å². The lowest BCUT2D eigenvalue weighted by molar-refractivity contribution is 0.0691. The van der Waals surface area contributed by atoms with E-state index in [9.17, 15) is 4.79 Å². The van der Waals surface area contributed by atoms with E-state index in [0.29, 0.717) is 23.6 Å². The normalized spacial score (nSPS) is 11.1. The molecule has 1 aromatic heterocycles. The first-order chi connectivity index (χ1) is 10.5. The van der Waals surface area contributed by atoms with Crippen molar-refractivity contribution in [3.63, 3.8) is 0 Å². The van der Waals surface area contributed by atoms with Crippen molar-refractivity contribution in [1.82, 2.24) is 4.98 Å². The van der Waals surface area contributed by atoms with E-state index in [0.717, 1.165) is 24.6 Å². The highest BCUT2D eigenvalue weighted by Crippen LogP contribution is 2.32. The fourth-order valence-electron chi connectivity index (χ4n) is 2.27. The molecular formula is C17H23NO4. The van der Waals surface area contributed by atoms with Crippen molar-refractivity contribution in [2.45, 2.75) is 46.1 Å². The Bertz CT molecular complexity index is 645. The number of hydrogen-bond donors (Lipinski definition) is 2. The summed E-state index contributed by atoms with van der Waals surface area (Å²) in [5.41, 5.74) is 0.854. The van der Waals surface area contributed by atoms with Crippen molar-refractivity contribution in [3.05, 3.63) is 23.9 Å². The smallest absolute Gasteiger partial charge is 0.352 e. The summed E-state index contributed by atoms with van der Waals surface area (Å²) in [5, 5.41) is 9.88. The molecule has 0 fully saturated rings. The lowest BCUT2D eigenvalue weighted by atomic mass is 10.2. The number of aromatic amines is 1. The lowest BCUT2D eigenvalue weighted by Gasteiger charge is -2.13. The second-order valence-electron chi connectivity index (χ2n) is 5.59. The van der Waals surface area contributed by atoms with Crippen LogP contribution in [0, 0.1) is 0 Å². The standard InChI is InChI=1S/C17H23NO4/c1-4-5-6-7-21-12-8-14-13(10-15(18-14)17(19)20)16(9-12)22-11(2)3/h8-11,18H,4-7H2,1-3H3,(H,19,20). The fraction of sp³-hybridized carbons (Fsp3) is 0.471. The molecule has 0 bridgehead atoms. The Morgan fingerprint density at radius 3 is 2.68 bits per heavy atom. The first kappa shape index (κ1) is 16.2. The molecule has 0 unspecified atom stereocenters. The van der Waals surface area contributed by atoms with Gasteiger partial charge in [0.25, 0.3) is 0 Å².